The Morgan fingerprint density at radius 2 is 1.96 bits per heavy atom. The molecule has 0 saturated carbocycles. The van der Waals surface area contributed by atoms with Gasteiger partial charge in [-0.25, -0.2) is 9.97 Å². The molecule has 2 aromatic rings. The van der Waals surface area contributed by atoms with Gasteiger partial charge < -0.3 is 26.8 Å². The lowest BCUT2D eigenvalue weighted by atomic mass is 10.0. The summed E-state index contributed by atoms with van der Waals surface area (Å²) in [6, 6.07) is 1.05. The summed E-state index contributed by atoms with van der Waals surface area (Å²) in [4.78, 5) is 35.7. The maximum absolute atomic E-state index is 11.7. The Bertz CT molecular complexity index is 826. The van der Waals surface area contributed by atoms with Crippen molar-refractivity contribution in [3.63, 3.8) is 0 Å². The fourth-order valence-electron chi connectivity index (χ4n) is 2.36. The molecule has 2 heterocycles. The minimum Gasteiger partial charge on any atom is -0.495 e. The van der Waals surface area contributed by atoms with Crippen molar-refractivity contribution in [3.8, 4) is 5.75 Å². The molecule has 27 heavy (non-hydrogen) atoms. The van der Waals surface area contributed by atoms with Gasteiger partial charge in [-0.2, -0.15) is 0 Å². The lowest BCUT2D eigenvalue weighted by Crippen LogP contribution is -2.37. The molecule has 1 atom stereocenters. The smallest absolute Gasteiger partial charge is 0.271 e. The number of nitrogens with one attached hydrogen (secondary N) is 2. The van der Waals surface area contributed by atoms with Gasteiger partial charge in [0.1, 0.15) is 17.6 Å². The first-order valence-electron chi connectivity index (χ1n) is 8.29. The van der Waals surface area contributed by atoms with Crippen molar-refractivity contribution < 1.29 is 14.3 Å². The van der Waals surface area contributed by atoms with Crippen molar-refractivity contribution in [1.29, 1.82) is 0 Å². The first-order chi connectivity index (χ1) is 12.8. The van der Waals surface area contributed by atoms with Gasteiger partial charge in [0.15, 0.2) is 11.5 Å². The maximum atomic E-state index is 11.7. The van der Waals surface area contributed by atoms with E-state index in [0.29, 0.717) is 17.9 Å². The van der Waals surface area contributed by atoms with Crippen LogP contribution in [0, 0.1) is 5.92 Å². The molecule has 0 saturated heterocycles. The Kier molecular flexibility index (Phi) is 6.47. The van der Waals surface area contributed by atoms with Crippen LogP contribution in [0.15, 0.2) is 24.7 Å². The van der Waals surface area contributed by atoms with Gasteiger partial charge in [0.25, 0.3) is 5.91 Å². The zero-order valence-electron chi connectivity index (χ0n) is 15.4. The van der Waals surface area contributed by atoms with E-state index in [9.17, 15) is 9.59 Å². The van der Waals surface area contributed by atoms with E-state index in [2.05, 4.69) is 25.6 Å². The summed E-state index contributed by atoms with van der Waals surface area (Å²) in [5.41, 5.74) is 11.3. The lowest BCUT2D eigenvalue weighted by molar-refractivity contribution is -0.119. The molecule has 2 rings (SSSR count). The summed E-state index contributed by atoms with van der Waals surface area (Å²) in [5, 5.41) is 5.88. The Labute approximate surface area is 156 Å². The van der Waals surface area contributed by atoms with Gasteiger partial charge in [0.2, 0.25) is 5.91 Å². The molecule has 2 aromatic heterocycles. The second-order valence-electron chi connectivity index (χ2n) is 6.28. The van der Waals surface area contributed by atoms with Crippen molar-refractivity contribution in [2.24, 2.45) is 17.4 Å². The maximum Gasteiger partial charge on any atom is 0.271 e. The van der Waals surface area contributed by atoms with E-state index < -0.39 is 17.9 Å². The Morgan fingerprint density at radius 1 is 1.22 bits per heavy atom. The highest BCUT2D eigenvalue weighted by Crippen LogP contribution is 2.22. The molecule has 0 aliphatic carbocycles. The van der Waals surface area contributed by atoms with Gasteiger partial charge in [0, 0.05) is 6.07 Å². The van der Waals surface area contributed by atoms with Crippen LogP contribution in [0.4, 0.5) is 17.3 Å². The van der Waals surface area contributed by atoms with Crippen molar-refractivity contribution in [1.82, 2.24) is 15.0 Å². The summed E-state index contributed by atoms with van der Waals surface area (Å²) >= 11 is 0. The zero-order valence-corrected chi connectivity index (χ0v) is 15.4. The average molecular weight is 373 g/mol. The number of nitrogens with zero attached hydrogens (tertiary/aromatic N) is 3. The monoisotopic (exact) mass is 373 g/mol. The van der Waals surface area contributed by atoms with Crippen LogP contribution in [0.5, 0.6) is 5.75 Å². The van der Waals surface area contributed by atoms with Crippen molar-refractivity contribution in [2.75, 3.05) is 17.7 Å². The number of nitrogens with two attached hydrogens (primary N) is 2. The molecule has 0 radical (unpaired) electrons. The Morgan fingerprint density at radius 3 is 2.56 bits per heavy atom. The number of hydrogen-bond donors (Lipinski definition) is 4. The van der Waals surface area contributed by atoms with E-state index in [1.807, 2.05) is 13.8 Å². The standard InChI is InChI=1S/C17H23N7O3/c1-9(2)4-12(15(18)25)23-13-8-21-14(16(19)26)17(24-13)22-10-5-11(27-3)7-20-6-10/h5-9,12H,4H2,1-3H3,(H2,18,25)(H2,19,26)(H2,22,23,24). The van der Waals surface area contributed by atoms with Crippen molar-refractivity contribution >= 4 is 29.1 Å². The zero-order chi connectivity index (χ0) is 20.0. The SMILES string of the molecule is COc1cncc(Nc2nc(NC(CC(C)C)C(N)=O)cnc2C(N)=O)c1. The third kappa shape index (κ3) is 5.53. The van der Waals surface area contributed by atoms with Gasteiger partial charge in [-0.15, -0.1) is 0 Å². The summed E-state index contributed by atoms with van der Waals surface area (Å²) in [6.07, 6.45) is 4.91. The first-order valence-corrected chi connectivity index (χ1v) is 8.29. The molecule has 144 valence electrons. The predicted octanol–water partition coefficient (Wildman–Crippen LogP) is 1.03. The third-order valence-corrected chi connectivity index (χ3v) is 3.59. The quantitative estimate of drug-likeness (QED) is 0.507. The number of primary amides is 2. The predicted molar refractivity (Wildman–Crippen MR) is 101 cm³/mol. The van der Waals surface area contributed by atoms with Crippen LogP contribution < -0.4 is 26.8 Å². The van der Waals surface area contributed by atoms with E-state index in [1.165, 1.54) is 25.7 Å². The van der Waals surface area contributed by atoms with E-state index >= 15 is 0 Å². The summed E-state index contributed by atoms with van der Waals surface area (Å²) in [5.74, 6) is -0.0861. The van der Waals surface area contributed by atoms with Crippen LogP contribution in [0.3, 0.4) is 0 Å². The van der Waals surface area contributed by atoms with Crippen LogP contribution in [0.25, 0.3) is 0 Å². The van der Waals surface area contributed by atoms with Crippen molar-refractivity contribution in [3.05, 3.63) is 30.4 Å². The fraction of sp³-hybridized carbons (Fsp3) is 0.353. The Balaban J connectivity index is 2.32. The molecular weight excluding hydrogens is 350 g/mol. The molecule has 10 nitrogen and oxygen atoms in total. The van der Waals surface area contributed by atoms with E-state index in [4.69, 9.17) is 16.2 Å². The molecule has 0 aliphatic rings. The number of carbonyl (C=O) groups excluding carboxylic acids is 2. The number of anilines is 3. The summed E-state index contributed by atoms with van der Waals surface area (Å²) in [6.45, 7) is 3.95. The second-order valence-corrected chi connectivity index (χ2v) is 6.28. The highest BCUT2D eigenvalue weighted by molar-refractivity contribution is 5.96. The molecule has 0 aromatic carbocycles. The second kappa shape index (κ2) is 8.79. The molecule has 1 unspecified atom stereocenters. The highest BCUT2D eigenvalue weighted by Gasteiger charge is 2.19. The number of carbonyl (C=O) groups is 2. The summed E-state index contributed by atoms with van der Waals surface area (Å²) < 4.78 is 5.12. The van der Waals surface area contributed by atoms with Gasteiger partial charge in [-0.05, 0) is 12.3 Å². The molecular formula is C17H23N7O3. The third-order valence-electron chi connectivity index (χ3n) is 3.59. The lowest BCUT2D eigenvalue weighted by Gasteiger charge is -2.18. The van der Waals surface area contributed by atoms with Gasteiger partial charge in [-0.1, -0.05) is 13.8 Å². The van der Waals surface area contributed by atoms with Crippen LogP contribution in [0.1, 0.15) is 30.8 Å². The van der Waals surface area contributed by atoms with Crippen LogP contribution in [-0.2, 0) is 4.79 Å². The number of hydrogen-bond acceptors (Lipinski definition) is 8. The topological polar surface area (TPSA) is 158 Å². The number of ether oxygens (including phenoxy) is 1. The number of amides is 2. The van der Waals surface area contributed by atoms with E-state index in [-0.39, 0.29) is 23.2 Å². The molecule has 6 N–H and O–H groups in total. The number of aromatic nitrogens is 3. The minimum atomic E-state index is -0.749. The van der Waals surface area contributed by atoms with Gasteiger partial charge in [0.05, 0.1) is 31.4 Å². The van der Waals surface area contributed by atoms with Gasteiger partial charge >= 0.3 is 0 Å². The number of methoxy groups -OCH3 is 1. The van der Waals surface area contributed by atoms with Crippen LogP contribution in [0.2, 0.25) is 0 Å². The van der Waals surface area contributed by atoms with Gasteiger partial charge in [-0.3, -0.25) is 14.6 Å². The molecule has 0 fully saturated rings. The van der Waals surface area contributed by atoms with Crippen LogP contribution in [-0.4, -0.2) is 39.9 Å². The van der Waals surface area contributed by atoms with E-state index in [0.717, 1.165) is 0 Å². The summed E-state index contributed by atoms with van der Waals surface area (Å²) in [7, 11) is 1.51. The molecule has 0 aliphatic heterocycles. The largest absolute Gasteiger partial charge is 0.495 e. The number of pyridine rings is 1. The first kappa shape index (κ1) is 19.9. The molecule has 2 amide bonds. The highest BCUT2D eigenvalue weighted by atomic mass is 16.5. The molecule has 10 heteroatoms. The van der Waals surface area contributed by atoms with Crippen LogP contribution >= 0.6 is 0 Å². The average Bonchev–Trinajstić information content (AvgIpc) is 2.60. The van der Waals surface area contributed by atoms with E-state index in [1.54, 1.807) is 6.07 Å². The fourth-order valence-corrected chi connectivity index (χ4v) is 2.36. The molecule has 0 bridgehead atoms. The minimum absolute atomic E-state index is 0.0529. The normalized spacial score (nSPS) is 11.7. The van der Waals surface area contributed by atoms with Crippen molar-refractivity contribution in [2.45, 2.75) is 26.3 Å². The number of rotatable bonds is 9. The Hall–Kier alpha value is -3.43. The molecule has 0 spiro atoms.